The van der Waals surface area contributed by atoms with Crippen molar-refractivity contribution in [3.8, 4) is 55.6 Å². The molecule has 1 nitrogen and oxygen atoms in total. The minimum atomic E-state index is -0.342. The van der Waals surface area contributed by atoms with Crippen LogP contribution in [0, 0.1) is 0 Å². The van der Waals surface area contributed by atoms with Gasteiger partial charge in [-0.05, 0) is 138 Å². The van der Waals surface area contributed by atoms with Crippen LogP contribution < -0.4 is 4.90 Å². The highest BCUT2D eigenvalue weighted by Gasteiger charge is 2.42. The number of fused-ring (bicyclic) bond motifs is 9. The third kappa shape index (κ3) is 4.59. The van der Waals surface area contributed by atoms with Gasteiger partial charge in [-0.15, -0.1) is 0 Å². The first-order chi connectivity index (χ1) is 28.4. The Morgan fingerprint density at radius 2 is 0.966 bits per heavy atom. The van der Waals surface area contributed by atoms with Gasteiger partial charge >= 0.3 is 0 Å². The summed E-state index contributed by atoms with van der Waals surface area (Å²) < 4.78 is 0. The Balaban J connectivity index is 1.13. The smallest absolute Gasteiger partial charge is 0.0546 e. The minimum absolute atomic E-state index is 0.171. The van der Waals surface area contributed by atoms with Crippen molar-refractivity contribution in [3.63, 3.8) is 0 Å². The van der Waals surface area contributed by atoms with Crippen molar-refractivity contribution in [2.75, 3.05) is 4.90 Å². The van der Waals surface area contributed by atoms with Gasteiger partial charge in [-0.3, -0.25) is 0 Å². The molecule has 274 valence electrons. The van der Waals surface area contributed by atoms with Crippen molar-refractivity contribution in [3.05, 3.63) is 222 Å². The number of hydrogen-bond donors (Lipinski definition) is 0. The largest absolute Gasteiger partial charge is 0.310 e. The second-order valence-corrected chi connectivity index (χ2v) is 17.1. The van der Waals surface area contributed by atoms with Crippen molar-refractivity contribution in [1.82, 2.24) is 0 Å². The molecule has 0 N–H and O–H groups in total. The molecule has 0 radical (unpaired) electrons. The Hall–Kier alpha value is -6.96. The Labute approximate surface area is 340 Å². The summed E-state index contributed by atoms with van der Waals surface area (Å²) in [5.74, 6) is 0. The number of benzene rings is 9. The highest BCUT2D eigenvalue weighted by Crippen LogP contribution is 2.57. The molecule has 1 unspecified atom stereocenters. The van der Waals surface area contributed by atoms with Crippen LogP contribution in [0.15, 0.2) is 194 Å². The van der Waals surface area contributed by atoms with Crippen LogP contribution in [-0.4, -0.2) is 0 Å². The molecule has 1 atom stereocenters. The summed E-state index contributed by atoms with van der Waals surface area (Å²) in [5, 5.41) is 2.62. The first-order valence-electron chi connectivity index (χ1n) is 20.5. The molecule has 0 amide bonds. The summed E-state index contributed by atoms with van der Waals surface area (Å²) in [6, 6.07) is 73.2. The third-order valence-corrected chi connectivity index (χ3v) is 13.7. The van der Waals surface area contributed by atoms with E-state index in [0.717, 1.165) is 11.4 Å². The van der Waals surface area contributed by atoms with Crippen LogP contribution in [0.3, 0.4) is 0 Å². The van der Waals surface area contributed by atoms with E-state index >= 15 is 0 Å². The molecule has 58 heavy (non-hydrogen) atoms. The van der Waals surface area contributed by atoms with E-state index in [4.69, 9.17) is 0 Å². The maximum absolute atomic E-state index is 2.53. The highest BCUT2D eigenvalue weighted by molar-refractivity contribution is 6.10. The molecule has 0 aromatic heterocycles. The monoisotopic (exact) mass is 739 g/mol. The number of hydrogen-bond acceptors (Lipinski definition) is 1. The summed E-state index contributed by atoms with van der Waals surface area (Å²) in [6.07, 6.45) is 0. The molecular weight excluding hydrogens is 699 g/mol. The summed E-state index contributed by atoms with van der Waals surface area (Å²) >= 11 is 0. The maximum Gasteiger partial charge on any atom is 0.0546 e. The van der Waals surface area contributed by atoms with Crippen molar-refractivity contribution in [1.29, 1.82) is 0 Å². The van der Waals surface area contributed by atoms with Crippen LogP contribution in [0.5, 0.6) is 0 Å². The quantitative estimate of drug-likeness (QED) is 0.174. The summed E-state index contributed by atoms with van der Waals surface area (Å²) in [6.45, 7) is 7.22. The van der Waals surface area contributed by atoms with E-state index in [1.165, 1.54) is 99.9 Å². The topological polar surface area (TPSA) is 3.24 Å². The molecule has 9 aromatic carbocycles. The van der Waals surface area contributed by atoms with Gasteiger partial charge in [-0.1, -0.05) is 166 Å². The van der Waals surface area contributed by atoms with Crippen LogP contribution in [0.1, 0.15) is 48.6 Å². The average Bonchev–Trinajstić information content (AvgIpc) is 3.54. The van der Waals surface area contributed by atoms with Gasteiger partial charge < -0.3 is 4.90 Å². The summed E-state index contributed by atoms with van der Waals surface area (Å²) in [5.41, 5.74) is 22.3. The first-order valence-corrected chi connectivity index (χ1v) is 20.5. The number of rotatable bonds is 3. The van der Waals surface area contributed by atoms with Gasteiger partial charge in [0, 0.05) is 27.8 Å². The second kappa shape index (κ2) is 12.0. The van der Waals surface area contributed by atoms with Gasteiger partial charge in [0.2, 0.25) is 0 Å². The van der Waals surface area contributed by atoms with Crippen molar-refractivity contribution in [2.24, 2.45) is 0 Å². The Bertz CT molecular complexity index is 3130. The molecular formula is C57H41N. The molecule has 1 heterocycles. The van der Waals surface area contributed by atoms with Gasteiger partial charge in [-0.25, -0.2) is 0 Å². The average molecular weight is 740 g/mol. The van der Waals surface area contributed by atoms with E-state index in [1.54, 1.807) is 0 Å². The zero-order chi connectivity index (χ0) is 38.8. The lowest BCUT2D eigenvalue weighted by Gasteiger charge is -2.38. The van der Waals surface area contributed by atoms with Crippen LogP contribution in [-0.2, 0) is 10.8 Å². The summed E-state index contributed by atoms with van der Waals surface area (Å²) in [7, 11) is 0. The second-order valence-electron chi connectivity index (χ2n) is 17.1. The molecule has 3 aliphatic rings. The maximum atomic E-state index is 2.53. The predicted molar refractivity (Wildman–Crippen MR) is 243 cm³/mol. The fourth-order valence-electron chi connectivity index (χ4n) is 10.6. The van der Waals surface area contributed by atoms with Gasteiger partial charge in [0.15, 0.2) is 0 Å². The zero-order valence-corrected chi connectivity index (χ0v) is 32.9. The van der Waals surface area contributed by atoms with Crippen molar-refractivity contribution < 1.29 is 0 Å². The summed E-state index contributed by atoms with van der Waals surface area (Å²) in [4.78, 5) is 2.53. The van der Waals surface area contributed by atoms with E-state index in [9.17, 15) is 0 Å². The lowest BCUT2D eigenvalue weighted by Crippen LogP contribution is -2.25. The van der Waals surface area contributed by atoms with Gasteiger partial charge in [0.05, 0.1) is 5.69 Å². The molecule has 0 saturated heterocycles. The van der Waals surface area contributed by atoms with E-state index in [0.29, 0.717) is 0 Å². The molecule has 0 spiro atoms. The standard InChI is InChI=1S/C57H41N/c1-56(2)49-31-25-42-34-48(49)55-53(32-26-40-13-10-18-51(56)54(40)55)58(44-27-23-39(24-28-44)38-21-19-37(20-22-38)36-11-5-4-6-12-36)45-29-30-47-46-16-7-8-17-50(46)57(3,52(47)35-45)43-15-9-14-41(42)33-43/h4-35H,1-3H3. The molecule has 1 aliphatic heterocycles. The third-order valence-electron chi connectivity index (χ3n) is 13.7. The lowest BCUT2D eigenvalue weighted by molar-refractivity contribution is 0.645. The minimum Gasteiger partial charge on any atom is -0.310 e. The Morgan fingerprint density at radius 1 is 0.362 bits per heavy atom. The molecule has 12 rings (SSSR count). The van der Waals surface area contributed by atoms with E-state index in [1.807, 2.05) is 0 Å². The molecule has 1 heteroatoms. The van der Waals surface area contributed by atoms with Gasteiger partial charge in [0.1, 0.15) is 0 Å². The number of nitrogens with zero attached hydrogens (tertiary/aromatic N) is 1. The van der Waals surface area contributed by atoms with Crippen LogP contribution in [0.25, 0.3) is 66.4 Å². The van der Waals surface area contributed by atoms with Crippen molar-refractivity contribution in [2.45, 2.75) is 31.6 Å². The van der Waals surface area contributed by atoms with Crippen molar-refractivity contribution >= 4 is 27.8 Å². The zero-order valence-electron chi connectivity index (χ0n) is 32.9. The van der Waals surface area contributed by atoms with Crippen LogP contribution in [0.4, 0.5) is 17.1 Å². The lowest BCUT2D eigenvalue weighted by atomic mass is 9.67. The predicted octanol–water partition coefficient (Wildman–Crippen LogP) is 15.3. The molecule has 2 aliphatic carbocycles. The Kier molecular flexibility index (Phi) is 6.88. The fourth-order valence-corrected chi connectivity index (χ4v) is 10.6. The molecule has 0 saturated carbocycles. The van der Waals surface area contributed by atoms with Crippen LogP contribution >= 0.6 is 0 Å². The molecule has 0 fully saturated rings. The van der Waals surface area contributed by atoms with E-state index < -0.39 is 0 Å². The number of anilines is 3. The molecule has 9 aromatic rings. The van der Waals surface area contributed by atoms with E-state index in [-0.39, 0.29) is 10.8 Å². The van der Waals surface area contributed by atoms with Gasteiger partial charge in [-0.2, -0.15) is 0 Å². The normalized spacial score (nSPS) is 16.4. The Morgan fingerprint density at radius 3 is 1.76 bits per heavy atom. The fraction of sp³-hybridized carbons (Fsp3) is 0.0877. The molecule has 6 bridgehead atoms. The first kappa shape index (κ1) is 33.2. The highest BCUT2D eigenvalue weighted by atomic mass is 15.1. The van der Waals surface area contributed by atoms with Crippen LogP contribution in [0.2, 0.25) is 0 Å². The SMILES string of the molecule is CC1(C)c2ccc3cc2-c2c(ccc4cccc1c24)N(c1ccc(-c2ccc(-c4ccccc4)cc2)cc1)c1ccc2c(c1)C(C)(c1cccc-3c1)c1ccccc1-2. The van der Waals surface area contributed by atoms with E-state index in [2.05, 4.69) is 220 Å². The van der Waals surface area contributed by atoms with Gasteiger partial charge in [0.25, 0.3) is 0 Å².